The highest BCUT2D eigenvalue weighted by Crippen LogP contribution is 2.39. The molecular weight excluding hydrogens is 208 g/mol. The lowest BCUT2D eigenvalue weighted by atomic mass is 10.0. The van der Waals surface area contributed by atoms with E-state index in [2.05, 4.69) is 19.2 Å². The van der Waals surface area contributed by atoms with Gasteiger partial charge in [0, 0.05) is 11.3 Å². The SMILES string of the molecule is CC1NC(C)N(CC2(C)CCCS2)C1=O. The van der Waals surface area contributed by atoms with Crippen LogP contribution in [0, 0.1) is 0 Å². The molecule has 0 radical (unpaired) electrons. The second-order valence-electron chi connectivity index (χ2n) is 4.93. The Bertz CT molecular complexity index is 263. The fourth-order valence-corrected chi connectivity index (χ4v) is 3.80. The van der Waals surface area contributed by atoms with Crippen LogP contribution in [0.2, 0.25) is 0 Å². The summed E-state index contributed by atoms with van der Waals surface area (Å²) in [6, 6.07) is -0.00463. The number of amides is 1. The Hall–Kier alpha value is -0.220. The van der Waals surface area contributed by atoms with Gasteiger partial charge in [-0.3, -0.25) is 10.1 Å². The molecule has 3 atom stereocenters. The van der Waals surface area contributed by atoms with Crippen LogP contribution in [0.4, 0.5) is 0 Å². The minimum Gasteiger partial charge on any atom is -0.325 e. The van der Waals surface area contributed by atoms with Gasteiger partial charge in [-0.15, -0.1) is 0 Å². The molecule has 3 nitrogen and oxygen atoms in total. The summed E-state index contributed by atoms with van der Waals surface area (Å²) in [5.74, 6) is 1.51. The summed E-state index contributed by atoms with van der Waals surface area (Å²) in [5.41, 5.74) is 0. The van der Waals surface area contributed by atoms with Crippen molar-refractivity contribution >= 4 is 17.7 Å². The second-order valence-corrected chi connectivity index (χ2v) is 6.61. The van der Waals surface area contributed by atoms with E-state index in [9.17, 15) is 4.79 Å². The zero-order valence-electron chi connectivity index (χ0n) is 9.75. The lowest BCUT2D eigenvalue weighted by molar-refractivity contribution is -0.129. The lowest BCUT2D eigenvalue weighted by Crippen LogP contribution is -2.43. The van der Waals surface area contributed by atoms with Gasteiger partial charge in [0.25, 0.3) is 0 Å². The number of thioether (sulfide) groups is 1. The molecule has 0 spiro atoms. The first-order valence-electron chi connectivity index (χ1n) is 5.72. The predicted molar refractivity (Wildman–Crippen MR) is 63.9 cm³/mol. The van der Waals surface area contributed by atoms with Crippen LogP contribution in [-0.2, 0) is 4.79 Å². The maximum absolute atomic E-state index is 11.9. The zero-order valence-corrected chi connectivity index (χ0v) is 10.6. The van der Waals surface area contributed by atoms with E-state index in [1.807, 2.05) is 23.6 Å². The zero-order chi connectivity index (χ0) is 11.1. The number of hydrogen-bond donors (Lipinski definition) is 1. The lowest BCUT2D eigenvalue weighted by Gasteiger charge is -2.31. The molecular formula is C11H20N2OS. The van der Waals surface area contributed by atoms with Gasteiger partial charge < -0.3 is 4.90 Å². The van der Waals surface area contributed by atoms with Crippen molar-refractivity contribution in [1.29, 1.82) is 0 Å². The summed E-state index contributed by atoms with van der Waals surface area (Å²) >= 11 is 2.02. The third-order valence-corrected chi connectivity index (χ3v) is 4.94. The largest absolute Gasteiger partial charge is 0.325 e. The molecule has 15 heavy (non-hydrogen) atoms. The van der Waals surface area contributed by atoms with E-state index < -0.39 is 0 Å². The molecule has 2 heterocycles. The Balaban J connectivity index is 2.02. The van der Waals surface area contributed by atoms with Gasteiger partial charge in [-0.2, -0.15) is 11.8 Å². The van der Waals surface area contributed by atoms with E-state index in [1.54, 1.807) is 0 Å². The van der Waals surface area contributed by atoms with Gasteiger partial charge in [-0.1, -0.05) is 0 Å². The van der Waals surface area contributed by atoms with Gasteiger partial charge in [-0.05, 0) is 39.4 Å². The Morgan fingerprint density at radius 2 is 2.33 bits per heavy atom. The number of carbonyl (C=O) groups excluding carboxylic acids is 1. The van der Waals surface area contributed by atoms with Gasteiger partial charge in [0.1, 0.15) is 0 Å². The molecule has 1 amide bonds. The first kappa shape index (κ1) is 11.3. The fraction of sp³-hybridized carbons (Fsp3) is 0.909. The van der Waals surface area contributed by atoms with Crippen molar-refractivity contribution in [2.75, 3.05) is 12.3 Å². The van der Waals surface area contributed by atoms with Gasteiger partial charge in [0.2, 0.25) is 5.91 Å². The number of nitrogens with one attached hydrogen (secondary N) is 1. The van der Waals surface area contributed by atoms with E-state index in [4.69, 9.17) is 0 Å². The molecule has 0 aromatic heterocycles. The maximum Gasteiger partial charge on any atom is 0.240 e. The summed E-state index contributed by atoms with van der Waals surface area (Å²) < 4.78 is 0.287. The molecule has 0 bridgehead atoms. The van der Waals surface area contributed by atoms with Gasteiger partial charge in [0.15, 0.2) is 0 Å². The van der Waals surface area contributed by atoms with Crippen molar-refractivity contribution in [3.05, 3.63) is 0 Å². The number of rotatable bonds is 2. The molecule has 2 saturated heterocycles. The van der Waals surface area contributed by atoms with E-state index in [-0.39, 0.29) is 22.9 Å². The Morgan fingerprint density at radius 1 is 1.60 bits per heavy atom. The first-order valence-corrected chi connectivity index (χ1v) is 6.71. The number of carbonyl (C=O) groups is 1. The van der Waals surface area contributed by atoms with Crippen molar-refractivity contribution in [1.82, 2.24) is 10.2 Å². The molecule has 4 heteroatoms. The minimum atomic E-state index is -0.00463. The minimum absolute atomic E-state index is 0.00463. The van der Waals surface area contributed by atoms with Crippen molar-refractivity contribution in [3.8, 4) is 0 Å². The van der Waals surface area contributed by atoms with Crippen LogP contribution >= 0.6 is 11.8 Å². The number of nitrogens with zero attached hydrogens (tertiary/aromatic N) is 1. The molecule has 0 aromatic carbocycles. The third-order valence-electron chi connectivity index (χ3n) is 3.42. The first-order chi connectivity index (χ1) is 7.02. The highest BCUT2D eigenvalue weighted by atomic mass is 32.2. The summed E-state index contributed by atoms with van der Waals surface area (Å²) in [6.07, 6.45) is 2.73. The van der Waals surface area contributed by atoms with Crippen LogP contribution in [0.15, 0.2) is 0 Å². The van der Waals surface area contributed by atoms with Crippen LogP contribution in [0.5, 0.6) is 0 Å². The third kappa shape index (κ3) is 2.16. The van der Waals surface area contributed by atoms with Crippen LogP contribution in [0.25, 0.3) is 0 Å². The molecule has 2 rings (SSSR count). The van der Waals surface area contributed by atoms with Gasteiger partial charge in [-0.25, -0.2) is 0 Å². The predicted octanol–water partition coefficient (Wildman–Crippen LogP) is 1.44. The highest BCUT2D eigenvalue weighted by molar-refractivity contribution is 8.00. The smallest absolute Gasteiger partial charge is 0.240 e. The van der Waals surface area contributed by atoms with Crippen LogP contribution in [0.3, 0.4) is 0 Å². The quantitative estimate of drug-likeness (QED) is 0.776. The van der Waals surface area contributed by atoms with Crippen molar-refractivity contribution < 1.29 is 4.79 Å². The van der Waals surface area contributed by atoms with Gasteiger partial charge >= 0.3 is 0 Å². The van der Waals surface area contributed by atoms with Crippen molar-refractivity contribution in [2.24, 2.45) is 0 Å². The van der Waals surface area contributed by atoms with Crippen LogP contribution in [0.1, 0.15) is 33.6 Å². The monoisotopic (exact) mass is 228 g/mol. The molecule has 3 unspecified atom stereocenters. The molecule has 86 valence electrons. The van der Waals surface area contributed by atoms with Crippen molar-refractivity contribution in [2.45, 2.75) is 50.6 Å². The Morgan fingerprint density at radius 3 is 2.80 bits per heavy atom. The van der Waals surface area contributed by atoms with E-state index in [1.165, 1.54) is 18.6 Å². The van der Waals surface area contributed by atoms with Crippen molar-refractivity contribution in [3.63, 3.8) is 0 Å². The van der Waals surface area contributed by atoms with Crippen LogP contribution < -0.4 is 5.32 Å². The summed E-state index contributed by atoms with van der Waals surface area (Å²) in [4.78, 5) is 13.9. The molecule has 0 aliphatic carbocycles. The van der Waals surface area contributed by atoms with E-state index >= 15 is 0 Å². The fourth-order valence-electron chi connectivity index (χ4n) is 2.50. The van der Waals surface area contributed by atoms with Gasteiger partial charge in [0.05, 0.1) is 12.2 Å². The molecule has 0 aromatic rings. The Labute approximate surface area is 96.0 Å². The van der Waals surface area contributed by atoms with E-state index in [0.29, 0.717) is 0 Å². The topological polar surface area (TPSA) is 32.3 Å². The summed E-state index contributed by atoms with van der Waals surface area (Å²) in [6.45, 7) is 7.20. The number of hydrogen-bond acceptors (Lipinski definition) is 3. The Kier molecular flexibility index (Phi) is 2.99. The maximum atomic E-state index is 11.9. The normalized spacial score (nSPS) is 41.5. The average molecular weight is 228 g/mol. The average Bonchev–Trinajstić information content (AvgIpc) is 2.68. The molecule has 1 N–H and O–H groups in total. The summed E-state index contributed by atoms with van der Waals surface area (Å²) in [5, 5.41) is 3.27. The standard InChI is InChI=1S/C11H20N2OS/c1-8-10(14)13(9(2)12-8)7-11(3)5-4-6-15-11/h8-9,12H,4-7H2,1-3H3. The molecule has 2 fully saturated rings. The van der Waals surface area contributed by atoms with E-state index in [0.717, 1.165) is 6.54 Å². The molecule has 2 aliphatic heterocycles. The summed E-state index contributed by atoms with van der Waals surface area (Å²) in [7, 11) is 0. The second kappa shape index (κ2) is 3.98. The molecule has 0 saturated carbocycles. The highest BCUT2D eigenvalue weighted by Gasteiger charge is 2.39. The molecule has 2 aliphatic rings. The van der Waals surface area contributed by atoms with Crippen LogP contribution in [-0.4, -0.2) is 40.1 Å².